The van der Waals surface area contributed by atoms with Crippen LogP contribution in [0.3, 0.4) is 0 Å². The Morgan fingerprint density at radius 1 is 0.704 bits per heavy atom. The van der Waals surface area contributed by atoms with E-state index in [-0.39, 0.29) is 5.92 Å². The molecule has 0 N–H and O–H groups in total. The van der Waals surface area contributed by atoms with Crippen molar-refractivity contribution in [3.05, 3.63) is 82.4 Å². The van der Waals surface area contributed by atoms with Gasteiger partial charge in [0.1, 0.15) is 11.5 Å². The summed E-state index contributed by atoms with van der Waals surface area (Å²) >= 11 is 6.60. The first-order valence-electron chi connectivity index (χ1n) is 9.00. The van der Waals surface area contributed by atoms with Gasteiger partial charge in [-0.15, -0.1) is 0 Å². The normalized spacial score (nSPS) is 12.8. The first-order chi connectivity index (χ1) is 13.0. The zero-order valence-electron chi connectivity index (χ0n) is 16.0. The van der Waals surface area contributed by atoms with E-state index in [1.54, 1.807) is 0 Å². The van der Waals surface area contributed by atoms with Crippen LogP contribution in [0.5, 0.6) is 11.5 Å². The number of ether oxygens (including phenoxy) is 1. The van der Waals surface area contributed by atoms with E-state index in [0.29, 0.717) is 0 Å². The number of anilines is 2. The van der Waals surface area contributed by atoms with E-state index in [0.717, 1.165) is 44.6 Å². The number of hydrogen-bond acceptors (Lipinski definition) is 3. The van der Waals surface area contributed by atoms with Crippen molar-refractivity contribution in [1.29, 1.82) is 0 Å². The van der Waals surface area contributed by atoms with Gasteiger partial charge in [0.05, 0.1) is 0 Å². The molecular weight excluding hydrogens is 356 g/mol. The van der Waals surface area contributed by atoms with Crippen LogP contribution < -0.4 is 14.5 Å². The van der Waals surface area contributed by atoms with Gasteiger partial charge in [0.25, 0.3) is 0 Å². The Labute approximate surface area is 165 Å². The van der Waals surface area contributed by atoms with Crippen LogP contribution >= 0.6 is 11.6 Å². The molecule has 3 nitrogen and oxygen atoms in total. The average Bonchev–Trinajstić information content (AvgIpc) is 2.65. The van der Waals surface area contributed by atoms with E-state index < -0.39 is 0 Å². The molecule has 0 aromatic heterocycles. The van der Waals surface area contributed by atoms with Crippen LogP contribution in [0, 0.1) is 0 Å². The van der Waals surface area contributed by atoms with Crippen LogP contribution in [0.2, 0.25) is 5.02 Å². The summed E-state index contributed by atoms with van der Waals surface area (Å²) < 4.78 is 6.35. The molecule has 138 valence electrons. The zero-order chi connectivity index (χ0) is 19.1. The molecule has 0 radical (unpaired) electrons. The van der Waals surface area contributed by atoms with Crippen LogP contribution in [-0.2, 0) is 0 Å². The van der Waals surface area contributed by atoms with Gasteiger partial charge in [-0.25, -0.2) is 0 Å². The predicted octanol–water partition coefficient (Wildman–Crippen LogP) is 5.76. The van der Waals surface area contributed by atoms with Crippen molar-refractivity contribution >= 4 is 23.0 Å². The van der Waals surface area contributed by atoms with Crippen LogP contribution in [0.15, 0.2) is 60.7 Å². The lowest BCUT2D eigenvalue weighted by Gasteiger charge is -2.31. The molecule has 3 aromatic carbocycles. The number of hydrogen-bond donors (Lipinski definition) is 0. The maximum Gasteiger partial charge on any atom is 0.133 e. The van der Waals surface area contributed by atoms with Crippen molar-refractivity contribution in [2.24, 2.45) is 0 Å². The molecule has 1 aliphatic heterocycles. The summed E-state index contributed by atoms with van der Waals surface area (Å²) in [5.41, 5.74) is 5.59. The second kappa shape index (κ2) is 6.82. The summed E-state index contributed by atoms with van der Waals surface area (Å²) in [6, 6.07) is 20.8. The summed E-state index contributed by atoms with van der Waals surface area (Å²) in [7, 11) is 8.14. The molecule has 27 heavy (non-hydrogen) atoms. The molecule has 0 saturated carbocycles. The fraction of sp³-hybridized carbons (Fsp3) is 0.217. The highest BCUT2D eigenvalue weighted by Crippen LogP contribution is 2.50. The Hall–Kier alpha value is -2.65. The fourth-order valence-electron chi connectivity index (χ4n) is 3.59. The third-order valence-electron chi connectivity index (χ3n) is 5.09. The molecule has 3 aromatic rings. The third kappa shape index (κ3) is 3.13. The molecule has 0 saturated heterocycles. The van der Waals surface area contributed by atoms with Gasteiger partial charge in [-0.1, -0.05) is 41.9 Å². The van der Waals surface area contributed by atoms with Gasteiger partial charge in [0.2, 0.25) is 0 Å². The minimum Gasteiger partial charge on any atom is -0.457 e. The lowest BCUT2D eigenvalue weighted by molar-refractivity contribution is 0.453. The highest BCUT2D eigenvalue weighted by molar-refractivity contribution is 6.31. The van der Waals surface area contributed by atoms with Gasteiger partial charge in [-0.2, -0.15) is 0 Å². The number of rotatable bonds is 3. The molecule has 0 amide bonds. The lowest BCUT2D eigenvalue weighted by atomic mass is 9.82. The smallest absolute Gasteiger partial charge is 0.133 e. The Morgan fingerprint density at radius 2 is 1.22 bits per heavy atom. The minimum absolute atomic E-state index is 0.0462. The number of benzene rings is 3. The van der Waals surface area contributed by atoms with E-state index in [2.05, 4.69) is 52.3 Å². The van der Waals surface area contributed by atoms with Gasteiger partial charge in [-0.3, -0.25) is 0 Å². The molecule has 0 unspecified atom stereocenters. The lowest BCUT2D eigenvalue weighted by Crippen LogP contribution is -2.15. The molecule has 1 aliphatic rings. The maximum atomic E-state index is 6.60. The summed E-state index contributed by atoms with van der Waals surface area (Å²) in [4.78, 5) is 4.17. The highest BCUT2D eigenvalue weighted by atomic mass is 35.5. The van der Waals surface area contributed by atoms with Crippen molar-refractivity contribution in [2.75, 3.05) is 38.0 Å². The van der Waals surface area contributed by atoms with Crippen LogP contribution in [0.25, 0.3) is 0 Å². The van der Waals surface area contributed by atoms with Gasteiger partial charge in [0.15, 0.2) is 0 Å². The molecule has 1 heterocycles. The minimum atomic E-state index is 0.0462. The van der Waals surface area contributed by atoms with Gasteiger partial charge in [0, 0.05) is 73.8 Å². The molecule has 4 heteroatoms. The van der Waals surface area contributed by atoms with Crippen molar-refractivity contribution in [3.8, 4) is 11.5 Å². The number of nitrogens with zero attached hydrogens (tertiary/aromatic N) is 2. The summed E-state index contributed by atoms with van der Waals surface area (Å²) in [6.07, 6.45) is 0. The largest absolute Gasteiger partial charge is 0.457 e. The monoisotopic (exact) mass is 378 g/mol. The number of fused-ring (bicyclic) bond motifs is 2. The summed E-state index contributed by atoms with van der Waals surface area (Å²) in [5.74, 6) is 1.81. The van der Waals surface area contributed by atoms with Crippen molar-refractivity contribution < 1.29 is 4.74 Å². The summed E-state index contributed by atoms with van der Waals surface area (Å²) in [5, 5.41) is 0.773. The Balaban J connectivity index is 1.94. The third-order valence-corrected chi connectivity index (χ3v) is 5.43. The Bertz CT molecular complexity index is 940. The first kappa shape index (κ1) is 17.7. The molecule has 0 aliphatic carbocycles. The zero-order valence-corrected chi connectivity index (χ0v) is 16.8. The van der Waals surface area contributed by atoms with E-state index >= 15 is 0 Å². The first-order valence-corrected chi connectivity index (χ1v) is 9.38. The average molecular weight is 379 g/mol. The van der Waals surface area contributed by atoms with Gasteiger partial charge < -0.3 is 14.5 Å². The van der Waals surface area contributed by atoms with Crippen molar-refractivity contribution in [1.82, 2.24) is 0 Å². The quantitative estimate of drug-likeness (QED) is 0.451. The molecule has 0 fully saturated rings. The molecule has 0 bridgehead atoms. The highest BCUT2D eigenvalue weighted by Gasteiger charge is 2.30. The van der Waals surface area contributed by atoms with E-state index in [9.17, 15) is 0 Å². The van der Waals surface area contributed by atoms with Crippen LogP contribution in [-0.4, -0.2) is 28.2 Å². The molecule has 0 atom stereocenters. The summed E-state index contributed by atoms with van der Waals surface area (Å²) in [6.45, 7) is 0. The Kier molecular flexibility index (Phi) is 4.48. The predicted molar refractivity (Wildman–Crippen MR) is 114 cm³/mol. The maximum absolute atomic E-state index is 6.60. The second-order valence-electron chi connectivity index (χ2n) is 7.29. The SMILES string of the molecule is CN(C)c1ccc2c(c1)Oc1cc(N(C)C)ccc1C2c1ccccc1Cl. The second-order valence-corrected chi connectivity index (χ2v) is 7.70. The van der Waals surface area contributed by atoms with E-state index in [4.69, 9.17) is 16.3 Å². The van der Waals surface area contributed by atoms with Crippen molar-refractivity contribution in [2.45, 2.75) is 5.92 Å². The standard InChI is InChI=1S/C23H23ClN2O/c1-25(2)15-9-11-18-21(13-15)27-22-14-16(26(3)4)10-12-19(22)23(18)17-7-5-6-8-20(17)24/h5-14,23H,1-4H3. The molecule has 0 spiro atoms. The molecule has 4 rings (SSSR count). The van der Waals surface area contributed by atoms with Crippen LogP contribution in [0.4, 0.5) is 11.4 Å². The van der Waals surface area contributed by atoms with Crippen LogP contribution in [0.1, 0.15) is 22.6 Å². The van der Waals surface area contributed by atoms with Gasteiger partial charge in [-0.05, 0) is 23.8 Å². The molecular formula is C23H23ClN2O. The Morgan fingerprint density at radius 3 is 1.70 bits per heavy atom. The van der Waals surface area contributed by atoms with E-state index in [1.807, 2.05) is 46.4 Å². The van der Waals surface area contributed by atoms with Crippen molar-refractivity contribution in [3.63, 3.8) is 0 Å². The topological polar surface area (TPSA) is 15.7 Å². The number of halogens is 1. The van der Waals surface area contributed by atoms with Gasteiger partial charge >= 0.3 is 0 Å². The van der Waals surface area contributed by atoms with E-state index in [1.165, 1.54) is 0 Å². The fourth-order valence-corrected chi connectivity index (χ4v) is 3.83.